The first-order chi connectivity index (χ1) is 9.36. The van der Waals surface area contributed by atoms with Crippen LogP contribution in [0.25, 0.3) is 5.69 Å². The Kier molecular flexibility index (Phi) is 3.52. The number of para-hydroxylation sites is 1. The van der Waals surface area contributed by atoms with Crippen LogP contribution in [-0.4, -0.2) is 15.7 Å². The predicted molar refractivity (Wildman–Crippen MR) is 66.5 cm³/mol. The van der Waals surface area contributed by atoms with E-state index in [9.17, 15) is 18.0 Å². The molecule has 0 saturated heterocycles. The number of aromatic nitrogens is 2. The van der Waals surface area contributed by atoms with E-state index in [-0.39, 0.29) is 17.8 Å². The van der Waals surface area contributed by atoms with Gasteiger partial charge in [0.05, 0.1) is 16.9 Å². The van der Waals surface area contributed by atoms with Gasteiger partial charge in [0.1, 0.15) is 0 Å². The minimum absolute atomic E-state index is 0.0358. The van der Waals surface area contributed by atoms with Crippen LogP contribution >= 0.6 is 0 Å². The average molecular weight is 283 g/mol. The maximum Gasteiger partial charge on any atom is 0.434 e. The Bertz CT molecular complexity index is 632. The number of halogens is 3. The number of alkyl halides is 3. The highest BCUT2D eigenvalue weighted by molar-refractivity contribution is 5.95. The second-order valence-electron chi connectivity index (χ2n) is 4.13. The fourth-order valence-corrected chi connectivity index (χ4v) is 1.99. The van der Waals surface area contributed by atoms with Crippen molar-refractivity contribution >= 4 is 5.91 Å². The largest absolute Gasteiger partial charge is 0.434 e. The molecular weight excluding hydrogens is 271 g/mol. The van der Waals surface area contributed by atoms with Crippen LogP contribution in [0.5, 0.6) is 0 Å². The summed E-state index contributed by atoms with van der Waals surface area (Å²) in [5, 5.41) is 3.88. The molecule has 0 aliphatic rings. The summed E-state index contributed by atoms with van der Waals surface area (Å²) in [6.07, 6.45) is -4.54. The minimum Gasteiger partial charge on any atom is -0.365 e. The van der Waals surface area contributed by atoms with Gasteiger partial charge < -0.3 is 5.73 Å². The molecule has 1 heterocycles. The molecule has 20 heavy (non-hydrogen) atoms. The number of nitrogens with zero attached hydrogens (tertiary/aromatic N) is 2. The lowest BCUT2D eigenvalue weighted by molar-refractivity contribution is -0.143. The van der Waals surface area contributed by atoms with E-state index < -0.39 is 23.3 Å². The van der Waals surface area contributed by atoms with Gasteiger partial charge in [-0.3, -0.25) is 4.79 Å². The molecule has 0 spiro atoms. The summed E-state index contributed by atoms with van der Waals surface area (Å²) >= 11 is 0. The zero-order valence-electron chi connectivity index (χ0n) is 10.6. The summed E-state index contributed by atoms with van der Waals surface area (Å²) in [6.45, 7) is 1.62. The maximum absolute atomic E-state index is 13.2. The molecule has 2 rings (SSSR count). The fourth-order valence-electron chi connectivity index (χ4n) is 1.99. The zero-order chi connectivity index (χ0) is 14.9. The molecule has 1 aromatic carbocycles. The summed E-state index contributed by atoms with van der Waals surface area (Å²) < 4.78 is 40.4. The Labute approximate surface area is 113 Å². The van der Waals surface area contributed by atoms with Gasteiger partial charge in [0.25, 0.3) is 5.91 Å². The smallest absolute Gasteiger partial charge is 0.365 e. The van der Waals surface area contributed by atoms with Gasteiger partial charge in [0.2, 0.25) is 0 Å². The quantitative estimate of drug-likeness (QED) is 0.941. The van der Waals surface area contributed by atoms with Gasteiger partial charge in [-0.15, -0.1) is 0 Å². The highest BCUT2D eigenvalue weighted by Gasteiger charge is 2.41. The molecule has 106 valence electrons. The van der Waals surface area contributed by atoms with Crippen molar-refractivity contribution in [1.29, 1.82) is 0 Å². The zero-order valence-corrected chi connectivity index (χ0v) is 10.6. The van der Waals surface area contributed by atoms with Gasteiger partial charge in [-0.05, 0) is 18.6 Å². The van der Waals surface area contributed by atoms with E-state index in [2.05, 4.69) is 5.10 Å². The van der Waals surface area contributed by atoms with Gasteiger partial charge in [0, 0.05) is 0 Å². The molecule has 1 amide bonds. The van der Waals surface area contributed by atoms with Crippen LogP contribution in [0.1, 0.15) is 28.7 Å². The monoisotopic (exact) mass is 283 g/mol. The molecule has 2 N–H and O–H groups in total. The van der Waals surface area contributed by atoms with E-state index in [0.717, 1.165) is 4.68 Å². The Morgan fingerprint density at radius 3 is 2.35 bits per heavy atom. The fraction of sp³-hybridized carbons (Fsp3) is 0.231. The lowest BCUT2D eigenvalue weighted by Gasteiger charge is -2.11. The number of hydrogen-bond donors (Lipinski definition) is 1. The topological polar surface area (TPSA) is 60.9 Å². The van der Waals surface area contributed by atoms with E-state index in [4.69, 9.17) is 5.73 Å². The van der Waals surface area contributed by atoms with Crippen LogP contribution in [-0.2, 0) is 12.6 Å². The number of hydrogen-bond acceptors (Lipinski definition) is 2. The molecule has 0 aliphatic carbocycles. The number of rotatable bonds is 3. The summed E-state index contributed by atoms with van der Waals surface area (Å²) in [6, 6.07) is 7.81. The molecule has 0 saturated carbocycles. The number of carbonyl (C=O) groups excluding carboxylic acids is 1. The Hall–Kier alpha value is -2.31. The van der Waals surface area contributed by atoms with Gasteiger partial charge in [-0.2, -0.15) is 18.3 Å². The van der Waals surface area contributed by atoms with Gasteiger partial charge in [-0.1, -0.05) is 25.1 Å². The van der Waals surface area contributed by atoms with Crippen LogP contribution in [0.15, 0.2) is 30.3 Å². The highest BCUT2D eigenvalue weighted by atomic mass is 19.4. The third kappa shape index (κ3) is 2.38. The van der Waals surface area contributed by atoms with Gasteiger partial charge in [-0.25, -0.2) is 4.68 Å². The van der Waals surface area contributed by atoms with Crippen LogP contribution < -0.4 is 5.73 Å². The summed E-state index contributed by atoms with van der Waals surface area (Å²) in [4.78, 5) is 11.4. The third-order valence-electron chi connectivity index (χ3n) is 2.81. The second kappa shape index (κ2) is 4.99. The van der Waals surface area contributed by atoms with Crippen LogP contribution in [0.2, 0.25) is 0 Å². The Morgan fingerprint density at radius 1 is 1.30 bits per heavy atom. The number of amides is 1. The lowest BCUT2D eigenvalue weighted by atomic mass is 10.1. The molecule has 4 nitrogen and oxygen atoms in total. The van der Waals surface area contributed by atoms with E-state index in [1.54, 1.807) is 25.1 Å². The number of primary amides is 1. The minimum atomic E-state index is -4.72. The van der Waals surface area contributed by atoms with Crippen molar-refractivity contribution in [2.75, 3.05) is 0 Å². The predicted octanol–water partition coefficient (Wildman–Crippen LogP) is 2.55. The van der Waals surface area contributed by atoms with E-state index in [1.165, 1.54) is 12.1 Å². The second-order valence-corrected chi connectivity index (χ2v) is 4.13. The molecule has 0 aliphatic heterocycles. The SMILES string of the molecule is CCc1nn(-c2ccccc2)c(C(F)(F)F)c1C(N)=O. The summed E-state index contributed by atoms with van der Waals surface area (Å²) in [5.74, 6) is -1.13. The van der Waals surface area contributed by atoms with E-state index in [0.29, 0.717) is 0 Å². The number of aryl methyl sites for hydroxylation is 1. The van der Waals surface area contributed by atoms with E-state index in [1.807, 2.05) is 0 Å². The first-order valence-electron chi connectivity index (χ1n) is 5.90. The average Bonchev–Trinajstić information content (AvgIpc) is 2.79. The molecular formula is C13H12F3N3O. The van der Waals surface area contributed by atoms with Crippen molar-refractivity contribution in [2.24, 2.45) is 5.73 Å². The number of nitrogens with two attached hydrogens (primary N) is 1. The first kappa shape index (κ1) is 14.1. The molecule has 0 bridgehead atoms. The molecule has 0 fully saturated rings. The molecule has 7 heteroatoms. The standard InChI is InChI=1S/C13H12F3N3O/c1-2-9-10(12(17)20)11(13(14,15)16)19(18-9)8-6-4-3-5-7-8/h3-7H,2H2,1H3,(H2,17,20). The normalized spacial score (nSPS) is 11.6. The molecule has 0 radical (unpaired) electrons. The Balaban J connectivity index is 2.78. The van der Waals surface area contributed by atoms with Gasteiger partial charge in [0.15, 0.2) is 5.69 Å². The third-order valence-corrected chi connectivity index (χ3v) is 2.81. The van der Waals surface area contributed by atoms with E-state index >= 15 is 0 Å². The van der Waals surface area contributed by atoms with Crippen molar-refractivity contribution in [2.45, 2.75) is 19.5 Å². The molecule has 1 aromatic heterocycles. The van der Waals surface area contributed by atoms with Gasteiger partial charge >= 0.3 is 6.18 Å². The van der Waals surface area contributed by atoms with Crippen molar-refractivity contribution in [3.05, 3.63) is 47.3 Å². The van der Waals surface area contributed by atoms with Crippen molar-refractivity contribution < 1.29 is 18.0 Å². The molecule has 2 aromatic rings. The highest BCUT2D eigenvalue weighted by Crippen LogP contribution is 2.35. The van der Waals surface area contributed by atoms with Crippen LogP contribution in [0, 0.1) is 0 Å². The molecule has 0 atom stereocenters. The lowest BCUT2D eigenvalue weighted by Crippen LogP contribution is -2.21. The van der Waals surface area contributed by atoms with Crippen molar-refractivity contribution in [3.8, 4) is 5.69 Å². The summed E-state index contributed by atoms with van der Waals surface area (Å²) in [7, 11) is 0. The van der Waals surface area contributed by atoms with Crippen LogP contribution in [0.4, 0.5) is 13.2 Å². The first-order valence-corrected chi connectivity index (χ1v) is 5.90. The Morgan fingerprint density at radius 2 is 1.90 bits per heavy atom. The van der Waals surface area contributed by atoms with Crippen molar-refractivity contribution in [3.63, 3.8) is 0 Å². The molecule has 0 unspecified atom stereocenters. The van der Waals surface area contributed by atoms with Crippen molar-refractivity contribution in [1.82, 2.24) is 9.78 Å². The maximum atomic E-state index is 13.2. The number of carbonyl (C=O) groups is 1. The van der Waals surface area contributed by atoms with Crippen LogP contribution in [0.3, 0.4) is 0 Å². The summed E-state index contributed by atoms with van der Waals surface area (Å²) in [5.41, 5.74) is 3.65. The number of benzene rings is 1.